The second-order valence-corrected chi connectivity index (χ2v) is 7.09. The molecular weight excluding hydrogens is 272 g/mol. The minimum Gasteiger partial charge on any atom is -0.457 e. The summed E-state index contributed by atoms with van der Waals surface area (Å²) in [6.45, 7) is 4.23. The Kier molecular flexibility index (Phi) is 4.14. The highest BCUT2D eigenvalue weighted by Gasteiger charge is 2.08. The van der Waals surface area contributed by atoms with E-state index in [9.17, 15) is 8.42 Å². The van der Waals surface area contributed by atoms with Crippen molar-refractivity contribution in [2.45, 2.75) is 24.7 Å². The first-order valence-corrected chi connectivity index (χ1v) is 8.33. The zero-order chi connectivity index (χ0) is 14.8. The molecule has 0 aliphatic heterocycles. The molecule has 0 heterocycles. The van der Waals surface area contributed by atoms with Gasteiger partial charge >= 0.3 is 0 Å². The van der Waals surface area contributed by atoms with Gasteiger partial charge in [0.25, 0.3) is 0 Å². The summed E-state index contributed by atoms with van der Waals surface area (Å²) in [7, 11) is -3.22. The minimum atomic E-state index is -3.22. The highest BCUT2D eigenvalue weighted by atomic mass is 32.2. The third kappa shape index (κ3) is 3.61. The molecule has 0 spiro atoms. The Balaban J connectivity index is 2.29. The molecule has 0 N–H and O–H groups in total. The van der Waals surface area contributed by atoms with E-state index in [0.29, 0.717) is 17.4 Å². The van der Waals surface area contributed by atoms with Crippen molar-refractivity contribution in [1.82, 2.24) is 0 Å². The van der Waals surface area contributed by atoms with Gasteiger partial charge in [0.05, 0.1) is 4.90 Å². The number of sulfone groups is 1. The third-order valence-electron chi connectivity index (χ3n) is 2.99. The molecule has 0 unspecified atom stereocenters. The lowest BCUT2D eigenvalue weighted by Gasteiger charge is -2.10. The summed E-state index contributed by atoms with van der Waals surface area (Å²) in [5.74, 6) is 1.65. The van der Waals surface area contributed by atoms with Crippen LogP contribution in [0.5, 0.6) is 11.5 Å². The molecule has 106 valence electrons. The summed E-state index contributed by atoms with van der Waals surface area (Å²) in [6, 6.07) is 14.3. The first-order valence-electron chi connectivity index (χ1n) is 6.44. The van der Waals surface area contributed by atoms with Crippen LogP contribution in [0.4, 0.5) is 0 Å². The van der Waals surface area contributed by atoms with E-state index in [1.807, 2.05) is 24.3 Å². The molecule has 20 heavy (non-hydrogen) atoms. The van der Waals surface area contributed by atoms with Crippen molar-refractivity contribution in [3.63, 3.8) is 0 Å². The molecule has 2 rings (SSSR count). The van der Waals surface area contributed by atoms with Crippen molar-refractivity contribution in [3.8, 4) is 11.5 Å². The van der Waals surface area contributed by atoms with Gasteiger partial charge in [0, 0.05) is 6.26 Å². The largest absolute Gasteiger partial charge is 0.457 e. The zero-order valence-corrected chi connectivity index (χ0v) is 12.6. The van der Waals surface area contributed by atoms with Gasteiger partial charge in [0.15, 0.2) is 9.84 Å². The van der Waals surface area contributed by atoms with Gasteiger partial charge in [0.2, 0.25) is 0 Å². The lowest BCUT2D eigenvalue weighted by atomic mass is 10.0. The molecule has 0 aliphatic carbocycles. The maximum absolute atomic E-state index is 11.5. The summed E-state index contributed by atoms with van der Waals surface area (Å²) >= 11 is 0. The van der Waals surface area contributed by atoms with Crippen LogP contribution in [0.15, 0.2) is 53.4 Å². The second-order valence-electron chi connectivity index (χ2n) is 5.08. The van der Waals surface area contributed by atoms with Crippen molar-refractivity contribution in [2.24, 2.45) is 0 Å². The molecule has 4 heteroatoms. The summed E-state index contributed by atoms with van der Waals surface area (Å²) in [5.41, 5.74) is 1.18. The van der Waals surface area contributed by atoms with Crippen LogP contribution in [-0.4, -0.2) is 14.7 Å². The predicted molar refractivity (Wildman–Crippen MR) is 80.2 cm³/mol. The maximum Gasteiger partial charge on any atom is 0.175 e. The first-order chi connectivity index (χ1) is 9.36. The molecule has 0 bridgehead atoms. The van der Waals surface area contributed by atoms with Gasteiger partial charge in [-0.25, -0.2) is 8.42 Å². The van der Waals surface area contributed by atoms with Crippen LogP contribution in [0, 0.1) is 0 Å². The van der Waals surface area contributed by atoms with Gasteiger partial charge in [-0.2, -0.15) is 0 Å². The van der Waals surface area contributed by atoms with Gasteiger partial charge in [-0.15, -0.1) is 0 Å². The molecule has 0 saturated heterocycles. The van der Waals surface area contributed by atoms with E-state index in [2.05, 4.69) is 13.8 Å². The Bertz CT molecular complexity index is 703. The fourth-order valence-electron chi connectivity index (χ4n) is 1.84. The van der Waals surface area contributed by atoms with E-state index < -0.39 is 9.84 Å². The van der Waals surface area contributed by atoms with Gasteiger partial charge in [-0.3, -0.25) is 0 Å². The Morgan fingerprint density at radius 1 is 0.950 bits per heavy atom. The number of hydrogen-bond donors (Lipinski definition) is 0. The number of rotatable bonds is 4. The van der Waals surface area contributed by atoms with E-state index in [0.717, 1.165) is 0 Å². The van der Waals surface area contributed by atoms with E-state index >= 15 is 0 Å². The van der Waals surface area contributed by atoms with Crippen LogP contribution in [-0.2, 0) is 9.84 Å². The van der Waals surface area contributed by atoms with Gasteiger partial charge < -0.3 is 4.74 Å². The van der Waals surface area contributed by atoms with Gasteiger partial charge in [-0.05, 0) is 41.8 Å². The molecule has 0 aromatic heterocycles. The lowest BCUT2D eigenvalue weighted by Crippen LogP contribution is -1.97. The summed E-state index contributed by atoms with van der Waals surface area (Å²) in [4.78, 5) is 0.259. The van der Waals surface area contributed by atoms with Crippen molar-refractivity contribution >= 4 is 9.84 Å². The fourth-order valence-corrected chi connectivity index (χ4v) is 2.50. The highest BCUT2D eigenvalue weighted by Crippen LogP contribution is 2.26. The van der Waals surface area contributed by atoms with Crippen molar-refractivity contribution in [3.05, 3.63) is 54.1 Å². The van der Waals surface area contributed by atoms with Crippen LogP contribution in [0.2, 0.25) is 0 Å². The van der Waals surface area contributed by atoms with Crippen LogP contribution in [0.3, 0.4) is 0 Å². The van der Waals surface area contributed by atoms with Crippen molar-refractivity contribution in [2.75, 3.05) is 6.26 Å². The van der Waals surface area contributed by atoms with Crippen molar-refractivity contribution < 1.29 is 13.2 Å². The van der Waals surface area contributed by atoms with Crippen LogP contribution in [0.1, 0.15) is 25.3 Å². The SMILES string of the molecule is CC(C)c1cccc(Oc2cccc(S(C)(=O)=O)c2)c1. The van der Waals surface area contributed by atoms with Crippen LogP contribution >= 0.6 is 0 Å². The average Bonchev–Trinajstić information content (AvgIpc) is 2.38. The predicted octanol–water partition coefficient (Wildman–Crippen LogP) is 4.01. The van der Waals surface area contributed by atoms with Crippen LogP contribution < -0.4 is 4.74 Å². The van der Waals surface area contributed by atoms with Crippen molar-refractivity contribution in [1.29, 1.82) is 0 Å². The topological polar surface area (TPSA) is 43.4 Å². The smallest absolute Gasteiger partial charge is 0.175 e. The molecule has 3 nitrogen and oxygen atoms in total. The zero-order valence-electron chi connectivity index (χ0n) is 11.8. The van der Waals surface area contributed by atoms with E-state index in [1.54, 1.807) is 18.2 Å². The number of hydrogen-bond acceptors (Lipinski definition) is 3. The summed E-state index contributed by atoms with van der Waals surface area (Å²) in [5, 5.41) is 0. The highest BCUT2D eigenvalue weighted by molar-refractivity contribution is 7.90. The molecule has 0 fully saturated rings. The molecule has 0 radical (unpaired) electrons. The minimum absolute atomic E-state index is 0.259. The Hall–Kier alpha value is -1.81. The maximum atomic E-state index is 11.5. The third-order valence-corrected chi connectivity index (χ3v) is 4.10. The summed E-state index contributed by atoms with van der Waals surface area (Å²) < 4.78 is 28.8. The standard InChI is InChI=1S/C16H18O3S/c1-12(2)13-6-4-7-14(10-13)19-15-8-5-9-16(11-15)20(3,17)18/h4-12H,1-3H3. The second kappa shape index (κ2) is 5.67. The molecular formula is C16H18O3S. The number of benzene rings is 2. The quantitative estimate of drug-likeness (QED) is 0.854. The molecule has 0 amide bonds. The Morgan fingerprint density at radius 2 is 1.55 bits per heavy atom. The van der Waals surface area contributed by atoms with Gasteiger partial charge in [0.1, 0.15) is 11.5 Å². The molecule has 0 atom stereocenters. The van der Waals surface area contributed by atoms with E-state index in [1.165, 1.54) is 17.9 Å². The Morgan fingerprint density at radius 3 is 2.15 bits per heavy atom. The Labute approximate surface area is 120 Å². The van der Waals surface area contributed by atoms with Gasteiger partial charge in [-0.1, -0.05) is 32.0 Å². The normalized spacial score (nSPS) is 11.6. The fraction of sp³-hybridized carbons (Fsp3) is 0.250. The molecule has 0 saturated carbocycles. The molecule has 2 aromatic rings. The van der Waals surface area contributed by atoms with E-state index in [-0.39, 0.29) is 4.90 Å². The molecule has 0 aliphatic rings. The molecule has 2 aromatic carbocycles. The number of ether oxygens (including phenoxy) is 1. The monoisotopic (exact) mass is 290 g/mol. The lowest BCUT2D eigenvalue weighted by molar-refractivity contribution is 0.479. The van der Waals surface area contributed by atoms with Crippen LogP contribution in [0.25, 0.3) is 0 Å². The first kappa shape index (κ1) is 14.6. The summed E-state index contributed by atoms with van der Waals surface area (Å²) in [6.07, 6.45) is 1.19. The average molecular weight is 290 g/mol. The van der Waals surface area contributed by atoms with E-state index in [4.69, 9.17) is 4.74 Å².